The second-order valence-electron chi connectivity index (χ2n) is 4.28. The van der Waals surface area contributed by atoms with Gasteiger partial charge in [0.25, 0.3) is 0 Å². The molecule has 100 valence electrons. The Labute approximate surface area is 116 Å². The van der Waals surface area contributed by atoms with Crippen molar-refractivity contribution in [1.82, 2.24) is 4.98 Å². The first kappa shape index (κ1) is 13.8. The van der Waals surface area contributed by atoms with Crippen LogP contribution in [0.3, 0.4) is 0 Å². The third kappa shape index (κ3) is 3.66. The average Bonchev–Trinajstić information content (AvgIpc) is 2.37. The molecule has 0 aliphatic heterocycles. The Morgan fingerprint density at radius 3 is 2.79 bits per heavy atom. The Morgan fingerprint density at radius 2 is 2.16 bits per heavy atom. The maximum atomic E-state index is 13.0. The van der Waals surface area contributed by atoms with Crippen LogP contribution in [0.4, 0.5) is 4.39 Å². The molecule has 1 heterocycles. The number of aromatic nitrogens is 1. The number of rotatable bonds is 4. The molecule has 0 unspecified atom stereocenters. The summed E-state index contributed by atoms with van der Waals surface area (Å²) in [6, 6.07) is 6.67. The van der Waals surface area contributed by atoms with Crippen LogP contribution in [-0.4, -0.2) is 4.98 Å². The van der Waals surface area contributed by atoms with Crippen LogP contribution in [0, 0.1) is 5.82 Å². The van der Waals surface area contributed by atoms with Gasteiger partial charge in [0, 0.05) is 17.8 Å². The zero-order chi connectivity index (χ0) is 13.8. The number of pyridine rings is 1. The minimum atomic E-state index is -0.389. The molecule has 0 spiro atoms. The molecule has 0 fully saturated rings. The molecular formula is C14H14ClFN2O. The van der Waals surface area contributed by atoms with E-state index < -0.39 is 0 Å². The summed E-state index contributed by atoms with van der Waals surface area (Å²) in [5.41, 5.74) is 7.35. The molecule has 0 radical (unpaired) electrons. The van der Waals surface area contributed by atoms with Gasteiger partial charge < -0.3 is 10.5 Å². The highest BCUT2D eigenvalue weighted by Crippen LogP contribution is 2.28. The van der Waals surface area contributed by atoms with Gasteiger partial charge in [-0.1, -0.05) is 17.7 Å². The predicted molar refractivity (Wildman–Crippen MR) is 72.6 cm³/mol. The maximum absolute atomic E-state index is 13.0. The summed E-state index contributed by atoms with van der Waals surface area (Å²) >= 11 is 6.10. The highest BCUT2D eigenvalue weighted by molar-refractivity contribution is 6.32. The van der Waals surface area contributed by atoms with Crippen molar-refractivity contribution in [2.75, 3.05) is 0 Å². The van der Waals surface area contributed by atoms with Crippen LogP contribution in [0.25, 0.3) is 0 Å². The summed E-state index contributed by atoms with van der Waals surface area (Å²) in [6.45, 7) is 2.09. The lowest BCUT2D eigenvalue weighted by molar-refractivity contribution is 0.305. The maximum Gasteiger partial charge on any atom is 0.141 e. The van der Waals surface area contributed by atoms with E-state index in [1.807, 2.05) is 13.0 Å². The summed E-state index contributed by atoms with van der Waals surface area (Å²) in [5, 5.41) is 0.485. The molecule has 1 aromatic heterocycles. The van der Waals surface area contributed by atoms with Crippen molar-refractivity contribution in [2.24, 2.45) is 5.73 Å². The molecule has 0 bridgehead atoms. The SMILES string of the molecule is C[C@@H](N)c1ccc(OCc2cncc(F)c2)c(Cl)c1. The van der Waals surface area contributed by atoms with Gasteiger partial charge in [-0.25, -0.2) is 4.39 Å². The number of hydrogen-bond donors (Lipinski definition) is 1. The molecule has 0 aliphatic carbocycles. The number of halogens is 2. The van der Waals surface area contributed by atoms with Crippen molar-refractivity contribution in [3.63, 3.8) is 0 Å². The number of nitrogens with two attached hydrogens (primary N) is 1. The van der Waals surface area contributed by atoms with Crippen LogP contribution in [-0.2, 0) is 6.61 Å². The lowest BCUT2D eigenvalue weighted by Crippen LogP contribution is -2.05. The Hall–Kier alpha value is -1.65. The minimum absolute atomic E-state index is 0.0843. The molecule has 3 nitrogen and oxygen atoms in total. The molecule has 0 saturated carbocycles. The third-order valence-electron chi connectivity index (χ3n) is 2.64. The monoisotopic (exact) mass is 280 g/mol. The van der Waals surface area contributed by atoms with Gasteiger partial charge >= 0.3 is 0 Å². The first-order valence-corrected chi connectivity index (χ1v) is 6.21. The molecule has 2 rings (SSSR count). The van der Waals surface area contributed by atoms with Gasteiger partial charge in [0.1, 0.15) is 18.2 Å². The van der Waals surface area contributed by atoms with Crippen LogP contribution in [0.15, 0.2) is 36.7 Å². The van der Waals surface area contributed by atoms with Crippen molar-refractivity contribution < 1.29 is 9.13 Å². The predicted octanol–water partition coefficient (Wildman–Crippen LogP) is 3.47. The molecule has 2 N–H and O–H groups in total. The topological polar surface area (TPSA) is 48.1 Å². The number of nitrogens with zero attached hydrogens (tertiary/aromatic N) is 1. The minimum Gasteiger partial charge on any atom is -0.487 e. The number of benzene rings is 1. The van der Waals surface area contributed by atoms with Crippen molar-refractivity contribution in [3.05, 3.63) is 58.6 Å². The number of hydrogen-bond acceptors (Lipinski definition) is 3. The Bertz CT molecular complexity index is 575. The summed E-state index contributed by atoms with van der Waals surface area (Å²) in [6.07, 6.45) is 2.70. The smallest absolute Gasteiger partial charge is 0.141 e. The van der Waals surface area contributed by atoms with E-state index in [2.05, 4.69) is 4.98 Å². The lowest BCUT2D eigenvalue weighted by atomic mass is 10.1. The summed E-state index contributed by atoms with van der Waals surface area (Å²) in [4.78, 5) is 3.75. The Morgan fingerprint density at radius 1 is 1.37 bits per heavy atom. The van der Waals surface area contributed by atoms with E-state index in [9.17, 15) is 4.39 Å². The molecule has 0 amide bonds. The fourth-order valence-corrected chi connectivity index (χ4v) is 1.86. The van der Waals surface area contributed by atoms with Gasteiger partial charge in [-0.05, 0) is 30.7 Å². The normalized spacial score (nSPS) is 12.2. The second kappa shape index (κ2) is 5.99. The van der Waals surface area contributed by atoms with Crippen molar-refractivity contribution >= 4 is 11.6 Å². The van der Waals surface area contributed by atoms with E-state index in [0.717, 1.165) is 11.8 Å². The van der Waals surface area contributed by atoms with Gasteiger partial charge in [0.2, 0.25) is 0 Å². The second-order valence-corrected chi connectivity index (χ2v) is 4.69. The van der Waals surface area contributed by atoms with E-state index in [4.69, 9.17) is 22.1 Å². The highest BCUT2D eigenvalue weighted by atomic mass is 35.5. The molecule has 2 aromatic rings. The van der Waals surface area contributed by atoms with Crippen LogP contribution in [0.1, 0.15) is 24.1 Å². The van der Waals surface area contributed by atoms with Crippen LogP contribution < -0.4 is 10.5 Å². The summed E-state index contributed by atoms with van der Waals surface area (Å²) < 4.78 is 18.5. The molecule has 19 heavy (non-hydrogen) atoms. The molecule has 0 saturated heterocycles. The highest BCUT2D eigenvalue weighted by Gasteiger charge is 2.06. The van der Waals surface area contributed by atoms with E-state index in [1.165, 1.54) is 6.07 Å². The summed E-state index contributed by atoms with van der Waals surface area (Å²) in [7, 11) is 0. The molecule has 1 atom stereocenters. The van der Waals surface area contributed by atoms with E-state index in [0.29, 0.717) is 16.3 Å². The zero-order valence-corrected chi connectivity index (χ0v) is 11.2. The fraction of sp³-hybridized carbons (Fsp3) is 0.214. The first-order valence-electron chi connectivity index (χ1n) is 5.83. The van der Waals surface area contributed by atoms with Crippen molar-refractivity contribution in [3.8, 4) is 5.75 Å². The van der Waals surface area contributed by atoms with Gasteiger partial charge in [-0.15, -0.1) is 0 Å². The Balaban J connectivity index is 2.07. The van der Waals surface area contributed by atoms with Crippen LogP contribution >= 0.6 is 11.6 Å². The number of ether oxygens (including phenoxy) is 1. The molecular weight excluding hydrogens is 267 g/mol. The van der Waals surface area contributed by atoms with Gasteiger partial charge in [-0.2, -0.15) is 0 Å². The van der Waals surface area contributed by atoms with Gasteiger partial charge in [0.15, 0.2) is 0 Å². The van der Waals surface area contributed by atoms with Gasteiger partial charge in [-0.3, -0.25) is 4.98 Å². The van der Waals surface area contributed by atoms with E-state index in [-0.39, 0.29) is 18.5 Å². The summed E-state index contributed by atoms with van der Waals surface area (Å²) in [5.74, 6) is 0.148. The van der Waals surface area contributed by atoms with Crippen LogP contribution in [0.2, 0.25) is 5.02 Å². The van der Waals surface area contributed by atoms with E-state index >= 15 is 0 Å². The lowest BCUT2D eigenvalue weighted by Gasteiger charge is -2.11. The van der Waals surface area contributed by atoms with Gasteiger partial charge in [0.05, 0.1) is 11.2 Å². The molecule has 5 heteroatoms. The van der Waals surface area contributed by atoms with E-state index in [1.54, 1.807) is 18.3 Å². The van der Waals surface area contributed by atoms with Crippen LogP contribution in [0.5, 0.6) is 5.75 Å². The first-order chi connectivity index (χ1) is 9.06. The average molecular weight is 281 g/mol. The fourth-order valence-electron chi connectivity index (χ4n) is 1.61. The molecule has 0 aliphatic rings. The van der Waals surface area contributed by atoms with Crippen molar-refractivity contribution in [2.45, 2.75) is 19.6 Å². The van der Waals surface area contributed by atoms with Crippen molar-refractivity contribution in [1.29, 1.82) is 0 Å². The standard InChI is InChI=1S/C14H14ClFN2O/c1-9(17)11-2-3-14(13(15)5-11)19-8-10-4-12(16)7-18-6-10/h2-7,9H,8,17H2,1H3/t9-/m1/s1. The zero-order valence-electron chi connectivity index (χ0n) is 10.4. The third-order valence-corrected chi connectivity index (χ3v) is 2.93. The molecule has 1 aromatic carbocycles. The largest absolute Gasteiger partial charge is 0.487 e. The quantitative estimate of drug-likeness (QED) is 0.933. The Kier molecular flexibility index (Phi) is 4.35.